The lowest BCUT2D eigenvalue weighted by Gasteiger charge is -2.02. The summed E-state index contributed by atoms with van der Waals surface area (Å²) in [6.45, 7) is 0.556. The largest absolute Gasteiger partial charge is 0.381 e. The second kappa shape index (κ2) is 3.80. The van der Waals surface area contributed by atoms with Crippen LogP contribution in [-0.2, 0) is 6.54 Å². The lowest BCUT2D eigenvalue weighted by atomic mass is 10.3. The van der Waals surface area contributed by atoms with E-state index in [1.165, 1.54) is 0 Å². The summed E-state index contributed by atoms with van der Waals surface area (Å²) in [5, 5.41) is 8.86. The van der Waals surface area contributed by atoms with Crippen LogP contribution in [0.5, 0.6) is 0 Å². The second-order valence-corrected chi connectivity index (χ2v) is 3.08. The van der Waals surface area contributed by atoms with E-state index < -0.39 is 0 Å². The van der Waals surface area contributed by atoms with E-state index >= 15 is 0 Å². The van der Waals surface area contributed by atoms with Crippen LogP contribution in [0.3, 0.4) is 0 Å². The third-order valence-electron chi connectivity index (χ3n) is 2.05. The molecule has 0 bridgehead atoms. The normalized spacial score (nSPS) is 9.80. The van der Waals surface area contributed by atoms with Gasteiger partial charge in [-0.05, 0) is 11.6 Å². The van der Waals surface area contributed by atoms with Gasteiger partial charge in [0.25, 0.3) is 0 Å². The molecule has 0 amide bonds. The zero-order chi connectivity index (χ0) is 10.7. The third kappa shape index (κ3) is 1.79. The maximum absolute atomic E-state index is 8.86. The van der Waals surface area contributed by atoms with Crippen LogP contribution in [0.4, 0.5) is 5.82 Å². The Morgan fingerprint density at radius 2 is 2.40 bits per heavy atom. The Balaban J connectivity index is 2.30. The summed E-state index contributed by atoms with van der Waals surface area (Å²) in [6.07, 6.45) is 5.01. The molecule has 0 aliphatic carbocycles. The van der Waals surface area contributed by atoms with Crippen molar-refractivity contribution in [1.29, 1.82) is 5.26 Å². The van der Waals surface area contributed by atoms with E-state index in [0.717, 1.165) is 5.56 Å². The fraction of sp³-hybridized carbons (Fsp3) is 0.100. The molecule has 0 saturated carbocycles. The number of hydrogen-bond acceptors (Lipinski definition) is 4. The molecule has 0 aromatic carbocycles. The molecule has 2 aromatic rings. The van der Waals surface area contributed by atoms with Crippen molar-refractivity contribution in [2.45, 2.75) is 6.54 Å². The summed E-state index contributed by atoms with van der Waals surface area (Å²) in [5.41, 5.74) is 6.93. The summed E-state index contributed by atoms with van der Waals surface area (Å²) in [7, 11) is 0. The highest BCUT2D eigenvalue weighted by molar-refractivity contribution is 5.44. The smallest absolute Gasteiger partial charge is 0.164 e. The van der Waals surface area contributed by atoms with Crippen LogP contribution in [-0.4, -0.2) is 14.5 Å². The molecule has 0 atom stereocenters. The number of aromatic nitrogens is 3. The molecule has 5 nitrogen and oxygen atoms in total. The first-order valence-electron chi connectivity index (χ1n) is 4.41. The highest BCUT2D eigenvalue weighted by atomic mass is 15.1. The van der Waals surface area contributed by atoms with Crippen LogP contribution in [0.25, 0.3) is 0 Å². The number of rotatable bonds is 2. The van der Waals surface area contributed by atoms with Gasteiger partial charge in [0.2, 0.25) is 0 Å². The van der Waals surface area contributed by atoms with Crippen molar-refractivity contribution in [2.24, 2.45) is 0 Å². The first kappa shape index (κ1) is 9.21. The number of pyridine rings is 1. The van der Waals surface area contributed by atoms with Gasteiger partial charge < -0.3 is 10.3 Å². The lowest BCUT2D eigenvalue weighted by Crippen LogP contribution is -2.02. The average Bonchev–Trinajstić information content (AvgIpc) is 2.61. The summed E-state index contributed by atoms with van der Waals surface area (Å²) >= 11 is 0. The van der Waals surface area contributed by atoms with Crippen LogP contribution in [0, 0.1) is 11.3 Å². The number of nitrogens with zero attached hydrogens (tertiary/aromatic N) is 4. The summed E-state index contributed by atoms with van der Waals surface area (Å²) in [4.78, 5) is 7.88. The molecule has 0 aliphatic rings. The fourth-order valence-corrected chi connectivity index (χ4v) is 1.33. The van der Waals surface area contributed by atoms with E-state index in [0.29, 0.717) is 12.2 Å². The maximum Gasteiger partial charge on any atom is 0.164 e. The van der Waals surface area contributed by atoms with Gasteiger partial charge in [0.1, 0.15) is 6.07 Å². The Kier molecular flexibility index (Phi) is 2.33. The molecule has 15 heavy (non-hydrogen) atoms. The molecule has 0 saturated heterocycles. The van der Waals surface area contributed by atoms with Gasteiger partial charge in [-0.2, -0.15) is 5.26 Å². The van der Waals surface area contributed by atoms with E-state index in [9.17, 15) is 0 Å². The molecular formula is C10H9N5. The standard InChI is InChI=1S/C10H9N5/c11-4-9-10(12)14-7-15(9)6-8-2-1-3-13-5-8/h1-3,5,7H,6,12H2. The summed E-state index contributed by atoms with van der Waals surface area (Å²) in [6, 6.07) is 5.80. The van der Waals surface area contributed by atoms with Gasteiger partial charge in [0.15, 0.2) is 11.5 Å². The maximum atomic E-state index is 8.86. The Labute approximate surface area is 86.8 Å². The van der Waals surface area contributed by atoms with Gasteiger partial charge in [0.05, 0.1) is 12.9 Å². The molecule has 2 N–H and O–H groups in total. The van der Waals surface area contributed by atoms with Crippen molar-refractivity contribution in [2.75, 3.05) is 5.73 Å². The average molecular weight is 199 g/mol. The van der Waals surface area contributed by atoms with Crippen LogP contribution in [0.1, 0.15) is 11.3 Å². The van der Waals surface area contributed by atoms with Gasteiger partial charge in [-0.25, -0.2) is 4.98 Å². The Morgan fingerprint density at radius 3 is 3.07 bits per heavy atom. The van der Waals surface area contributed by atoms with E-state index in [4.69, 9.17) is 11.0 Å². The monoisotopic (exact) mass is 199 g/mol. The van der Waals surface area contributed by atoms with Gasteiger partial charge >= 0.3 is 0 Å². The van der Waals surface area contributed by atoms with Crippen LogP contribution >= 0.6 is 0 Å². The van der Waals surface area contributed by atoms with E-state index in [1.807, 2.05) is 18.2 Å². The van der Waals surface area contributed by atoms with Crippen molar-refractivity contribution >= 4 is 5.82 Å². The predicted molar refractivity (Wildman–Crippen MR) is 54.7 cm³/mol. The molecule has 5 heteroatoms. The number of nitriles is 1. The molecule has 2 aromatic heterocycles. The number of anilines is 1. The van der Waals surface area contributed by atoms with Crippen molar-refractivity contribution in [3.05, 3.63) is 42.1 Å². The van der Waals surface area contributed by atoms with Gasteiger partial charge in [-0.3, -0.25) is 4.98 Å². The molecule has 2 heterocycles. The number of nitrogen functional groups attached to an aromatic ring is 1. The van der Waals surface area contributed by atoms with E-state index in [2.05, 4.69) is 9.97 Å². The molecule has 0 radical (unpaired) electrons. The molecule has 0 spiro atoms. The zero-order valence-electron chi connectivity index (χ0n) is 7.96. The SMILES string of the molecule is N#Cc1c(N)ncn1Cc1cccnc1. The summed E-state index contributed by atoms with van der Waals surface area (Å²) < 4.78 is 1.70. The van der Waals surface area contributed by atoms with Gasteiger partial charge in [-0.15, -0.1) is 0 Å². The van der Waals surface area contributed by atoms with Gasteiger partial charge in [0, 0.05) is 12.4 Å². The lowest BCUT2D eigenvalue weighted by molar-refractivity contribution is 0.782. The van der Waals surface area contributed by atoms with E-state index in [-0.39, 0.29) is 5.82 Å². The number of nitrogens with two attached hydrogens (primary N) is 1. The topological polar surface area (TPSA) is 80.5 Å². The zero-order valence-corrected chi connectivity index (χ0v) is 7.96. The van der Waals surface area contributed by atoms with Crippen LogP contribution in [0.2, 0.25) is 0 Å². The number of hydrogen-bond donors (Lipinski definition) is 1. The van der Waals surface area contributed by atoms with E-state index in [1.54, 1.807) is 23.3 Å². The highest BCUT2D eigenvalue weighted by Gasteiger charge is 2.06. The summed E-state index contributed by atoms with van der Waals surface area (Å²) in [5.74, 6) is 0.265. The fourth-order valence-electron chi connectivity index (χ4n) is 1.33. The van der Waals surface area contributed by atoms with Crippen molar-refractivity contribution in [3.63, 3.8) is 0 Å². The second-order valence-electron chi connectivity index (χ2n) is 3.08. The molecule has 0 aliphatic heterocycles. The molecule has 0 fully saturated rings. The van der Waals surface area contributed by atoms with Crippen molar-refractivity contribution < 1.29 is 0 Å². The minimum absolute atomic E-state index is 0.265. The first-order chi connectivity index (χ1) is 7.31. The Morgan fingerprint density at radius 1 is 1.53 bits per heavy atom. The van der Waals surface area contributed by atoms with Crippen LogP contribution in [0.15, 0.2) is 30.9 Å². The molecule has 0 unspecified atom stereocenters. The quantitative estimate of drug-likeness (QED) is 0.775. The molecular weight excluding hydrogens is 190 g/mol. The third-order valence-corrected chi connectivity index (χ3v) is 2.05. The Bertz CT molecular complexity index is 494. The Hall–Kier alpha value is -2.35. The molecule has 74 valence electrons. The van der Waals surface area contributed by atoms with Crippen molar-refractivity contribution in [3.8, 4) is 6.07 Å². The minimum atomic E-state index is 0.265. The molecule has 2 rings (SSSR count). The van der Waals surface area contributed by atoms with Crippen LogP contribution < -0.4 is 5.73 Å². The number of imidazole rings is 1. The minimum Gasteiger partial charge on any atom is -0.381 e. The van der Waals surface area contributed by atoms with Gasteiger partial charge in [-0.1, -0.05) is 6.07 Å². The predicted octanol–water partition coefficient (Wildman–Crippen LogP) is 0.780. The van der Waals surface area contributed by atoms with Crippen molar-refractivity contribution in [1.82, 2.24) is 14.5 Å². The highest BCUT2D eigenvalue weighted by Crippen LogP contribution is 2.10. The first-order valence-corrected chi connectivity index (χ1v) is 4.41.